The molecule has 0 aliphatic carbocycles. The van der Waals surface area contributed by atoms with Gasteiger partial charge in [-0.25, -0.2) is 0 Å². The molecular weight excluding hydrogens is 169 g/mol. The van der Waals surface area contributed by atoms with Crippen molar-refractivity contribution >= 4 is 19.0 Å². The van der Waals surface area contributed by atoms with Crippen molar-refractivity contribution in [1.82, 2.24) is 0 Å². The molecule has 0 heterocycles. The van der Waals surface area contributed by atoms with Crippen LogP contribution in [0, 0.1) is 0 Å². The highest BCUT2D eigenvalue weighted by Gasteiger charge is 1.95. The molecule has 0 bridgehead atoms. The van der Waals surface area contributed by atoms with Crippen LogP contribution in [-0.2, 0) is 0 Å². The summed E-state index contributed by atoms with van der Waals surface area (Å²) in [6.45, 7) is 0. The van der Waals surface area contributed by atoms with E-state index < -0.39 is 0 Å². The van der Waals surface area contributed by atoms with Gasteiger partial charge in [0, 0.05) is 5.69 Å². The number of hydrogen-bond donors (Lipinski definition) is 1. The molecule has 0 aliphatic rings. The van der Waals surface area contributed by atoms with Gasteiger partial charge in [0.1, 0.15) is 7.85 Å². The van der Waals surface area contributed by atoms with Crippen LogP contribution in [0.2, 0.25) is 0 Å². The lowest BCUT2D eigenvalue weighted by molar-refractivity contribution is 1.63. The molecule has 2 rings (SSSR count). The summed E-state index contributed by atoms with van der Waals surface area (Å²) in [6, 6.07) is 15.6. The zero-order valence-electron chi connectivity index (χ0n) is 7.77. The summed E-state index contributed by atoms with van der Waals surface area (Å²) in [5, 5.41) is 0. The molecule has 0 spiro atoms. The van der Waals surface area contributed by atoms with Gasteiger partial charge in [-0.1, -0.05) is 41.9 Å². The number of nitrogens with two attached hydrogens (primary N) is 1. The Balaban J connectivity index is 2.40. The molecule has 0 fully saturated rings. The highest BCUT2D eigenvalue weighted by molar-refractivity contribution is 6.32. The van der Waals surface area contributed by atoms with Crippen LogP contribution >= 0.6 is 0 Å². The van der Waals surface area contributed by atoms with Crippen LogP contribution in [0.4, 0.5) is 5.69 Å². The summed E-state index contributed by atoms with van der Waals surface area (Å²) in [5.74, 6) is 0. The Bertz CT molecular complexity index is 374. The predicted octanol–water partition coefficient (Wildman–Crippen LogP) is 1.73. The molecule has 1 nitrogen and oxygen atoms in total. The third-order valence-corrected chi connectivity index (χ3v) is 2.15. The van der Waals surface area contributed by atoms with Crippen molar-refractivity contribution in [3.63, 3.8) is 0 Å². The van der Waals surface area contributed by atoms with E-state index in [-0.39, 0.29) is 0 Å². The molecule has 0 aliphatic heterocycles. The maximum atomic E-state index is 5.61. The van der Waals surface area contributed by atoms with Crippen LogP contribution in [0.5, 0.6) is 0 Å². The molecule has 66 valence electrons. The van der Waals surface area contributed by atoms with E-state index in [1.165, 1.54) is 0 Å². The van der Waals surface area contributed by atoms with Crippen molar-refractivity contribution in [1.29, 1.82) is 0 Å². The van der Waals surface area contributed by atoms with E-state index in [2.05, 4.69) is 0 Å². The second-order valence-electron chi connectivity index (χ2n) is 3.24. The maximum absolute atomic E-state index is 5.61. The number of nitrogen functional groups attached to an aromatic ring is 1. The summed E-state index contributed by atoms with van der Waals surface area (Å²) in [7, 11) is 5.61. The summed E-state index contributed by atoms with van der Waals surface area (Å²) < 4.78 is 0. The quantitative estimate of drug-likeness (QED) is 0.523. The topological polar surface area (TPSA) is 26.0 Å². The number of benzene rings is 2. The molecule has 0 aromatic heterocycles. The Hall–Kier alpha value is -1.70. The normalized spacial score (nSPS) is 10.0. The molecular formula is C12H10BN. The number of rotatable bonds is 1. The molecule has 14 heavy (non-hydrogen) atoms. The fraction of sp³-hybridized carbons (Fsp3) is 0. The standard InChI is InChI=1S/C12H10BN/c13-11-5-1-9(2-6-11)10-3-7-12(14)8-4-10/h1-8H,14H2. The predicted molar refractivity (Wildman–Crippen MR) is 61.7 cm³/mol. The molecule has 0 amide bonds. The van der Waals surface area contributed by atoms with E-state index >= 15 is 0 Å². The van der Waals surface area contributed by atoms with E-state index in [0.29, 0.717) is 0 Å². The Labute approximate surface area is 85.0 Å². The third kappa shape index (κ3) is 1.79. The number of hydrogen-bond acceptors (Lipinski definition) is 1. The van der Waals surface area contributed by atoms with E-state index in [9.17, 15) is 0 Å². The van der Waals surface area contributed by atoms with Crippen LogP contribution in [0.1, 0.15) is 0 Å². The second-order valence-corrected chi connectivity index (χ2v) is 3.24. The molecule has 2 aromatic rings. The minimum atomic E-state index is 0.782. The Kier molecular flexibility index (Phi) is 2.27. The smallest absolute Gasteiger partial charge is 0.113 e. The lowest BCUT2D eigenvalue weighted by Crippen LogP contribution is -1.99. The van der Waals surface area contributed by atoms with Gasteiger partial charge < -0.3 is 5.73 Å². The number of anilines is 1. The Morgan fingerprint density at radius 1 is 0.714 bits per heavy atom. The lowest BCUT2D eigenvalue weighted by Gasteiger charge is -2.02. The van der Waals surface area contributed by atoms with Crippen LogP contribution in [0.3, 0.4) is 0 Å². The van der Waals surface area contributed by atoms with Gasteiger partial charge in [-0.2, -0.15) is 0 Å². The first-order chi connectivity index (χ1) is 6.75. The summed E-state index contributed by atoms with van der Waals surface area (Å²) in [5.41, 5.74) is 9.48. The monoisotopic (exact) mass is 179 g/mol. The van der Waals surface area contributed by atoms with E-state index in [4.69, 9.17) is 13.6 Å². The van der Waals surface area contributed by atoms with Gasteiger partial charge >= 0.3 is 0 Å². The molecule has 2 aromatic carbocycles. The first kappa shape index (κ1) is 8.88. The van der Waals surface area contributed by atoms with E-state index in [0.717, 1.165) is 22.3 Å². The fourth-order valence-electron chi connectivity index (χ4n) is 1.35. The van der Waals surface area contributed by atoms with Crippen LogP contribution in [-0.4, -0.2) is 7.85 Å². The van der Waals surface area contributed by atoms with Crippen molar-refractivity contribution < 1.29 is 0 Å². The summed E-state index contributed by atoms with van der Waals surface area (Å²) in [6.07, 6.45) is 0. The molecule has 0 saturated heterocycles. The van der Waals surface area contributed by atoms with Gasteiger partial charge in [0.15, 0.2) is 0 Å². The molecule has 2 heteroatoms. The minimum absolute atomic E-state index is 0.782. The van der Waals surface area contributed by atoms with Crippen LogP contribution in [0.15, 0.2) is 48.5 Å². The summed E-state index contributed by atoms with van der Waals surface area (Å²) in [4.78, 5) is 0. The first-order valence-electron chi connectivity index (χ1n) is 4.47. The molecule has 2 radical (unpaired) electrons. The Morgan fingerprint density at radius 3 is 1.64 bits per heavy atom. The maximum Gasteiger partial charge on any atom is 0.113 e. The van der Waals surface area contributed by atoms with Crippen molar-refractivity contribution in [2.45, 2.75) is 0 Å². The van der Waals surface area contributed by atoms with Gasteiger partial charge in [-0.15, -0.1) is 0 Å². The zero-order chi connectivity index (χ0) is 9.97. The van der Waals surface area contributed by atoms with E-state index in [1.54, 1.807) is 0 Å². The fourth-order valence-corrected chi connectivity index (χ4v) is 1.35. The second kappa shape index (κ2) is 3.58. The van der Waals surface area contributed by atoms with Gasteiger partial charge in [-0.3, -0.25) is 0 Å². The molecule has 2 N–H and O–H groups in total. The third-order valence-electron chi connectivity index (χ3n) is 2.15. The average Bonchev–Trinajstić information content (AvgIpc) is 2.21. The highest BCUT2D eigenvalue weighted by Crippen LogP contribution is 2.19. The zero-order valence-corrected chi connectivity index (χ0v) is 7.77. The van der Waals surface area contributed by atoms with Crippen LogP contribution in [0.25, 0.3) is 11.1 Å². The average molecular weight is 179 g/mol. The van der Waals surface area contributed by atoms with Gasteiger partial charge in [0.2, 0.25) is 0 Å². The highest BCUT2D eigenvalue weighted by atomic mass is 14.5. The van der Waals surface area contributed by atoms with Gasteiger partial charge in [-0.05, 0) is 23.3 Å². The van der Waals surface area contributed by atoms with Gasteiger partial charge in [0.05, 0.1) is 0 Å². The van der Waals surface area contributed by atoms with Crippen molar-refractivity contribution in [2.75, 3.05) is 5.73 Å². The minimum Gasteiger partial charge on any atom is -0.399 e. The van der Waals surface area contributed by atoms with Crippen molar-refractivity contribution in [3.05, 3.63) is 48.5 Å². The van der Waals surface area contributed by atoms with E-state index in [1.807, 2.05) is 48.5 Å². The molecule has 0 atom stereocenters. The molecule has 0 unspecified atom stereocenters. The SMILES string of the molecule is [B]c1ccc(-c2ccc(N)cc2)cc1. The van der Waals surface area contributed by atoms with Crippen molar-refractivity contribution in [3.8, 4) is 11.1 Å². The summed E-state index contributed by atoms with van der Waals surface area (Å²) >= 11 is 0. The Morgan fingerprint density at radius 2 is 1.14 bits per heavy atom. The first-order valence-corrected chi connectivity index (χ1v) is 4.47. The largest absolute Gasteiger partial charge is 0.399 e. The van der Waals surface area contributed by atoms with Crippen molar-refractivity contribution in [2.24, 2.45) is 0 Å². The molecule has 0 saturated carbocycles. The lowest BCUT2D eigenvalue weighted by atomic mass is 9.94. The van der Waals surface area contributed by atoms with Gasteiger partial charge in [0.25, 0.3) is 0 Å². The van der Waals surface area contributed by atoms with Crippen LogP contribution < -0.4 is 11.2 Å².